The molecule has 0 atom stereocenters. The Kier molecular flexibility index (Phi) is 3.52. The maximum Gasteiger partial charge on any atom is 0.148 e. The van der Waals surface area contributed by atoms with Crippen LogP contribution in [0.3, 0.4) is 0 Å². The zero-order valence-electron chi connectivity index (χ0n) is 10.3. The molecule has 1 aliphatic carbocycles. The molecule has 0 heterocycles. The predicted octanol–water partition coefficient (Wildman–Crippen LogP) is 4.04. The summed E-state index contributed by atoms with van der Waals surface area (Å²) in [5.41, 5.74) is 0.329. The van der Waals surface area contributed by atoms with Gasteiger partial charge in [0.15, 0.2) is 0 Å². The van der Waals surface area contributed by atoms with Crippen LogP contribution in [-0.2, 0) is 9.59 Å². The quantitative estimate of drug-likeness (QED) is 0.730. The number of hydrogen-bond donors (Lipinski definition) is 0. The zero-order valence-corrected chi connectivity index (χ0v) is 11.8. The fourth-order valence-electron chi connectivity index (χ4n) is 2.47. The summed E-state index contributed by atoms with van der Waals surface area (Å²) in [6.45, 7) is 3.87. The minimum atomic E-state index is -0.720. The van der Waals surface area contributed by atoms with E-state index in [1.807, 2.05) is 13.8 Å². The molecule has 1 aliphatic rings. The molecule has 0 bridgehead atoms. The van der Waals surface area contributed by atoms with Crippen LogP contribution in [0, 0.1) is 5.41 Å². The average Bonchev–Trinajstić information content (AvgIpc) is 2.18. The molecule has 2 nitrogen and oxygen atoms in total. The van der Waals surface area contributed by atoms with Crippen LogP contribution < -0.4 is 0 Å². The molecule has 1 aromatic rings. The van der Waals surface area contributed by atoms with Crippen molar-refractivity contribution in [2.75, 3.05) is 0 Å². The normalized spacial score (nSPS) is 20.2. The van der Waals surface area contributed by atoms with Gasteiger partial charge in [-0.15, -0.1) is 0 Å². The highest BCUT2D eigenvalue weighted by Gasteiger charge is 2.40. The number of Topliss-reactive ketones (excluding diaryl/α,β-unsaturated/α-hetero) is 2. The fraction of sp³-hybridized carbons (Fsp3) is 0.429. The third kappa shape index (κ3) is 2.60. The van der Waals surface area contributed by atoms with E-state index in [0.717, 1.165) is 0 Å². The highest BCUT2D eigenvalue weighted by atomic mass is 35.5. The van der Waals surface area contributed by atoms with Crippen LogP contribution in [-0.4, -0.2) is 11.6 Å². The van der Waals surface area contributed by atoms with E-state index in [9.17, 15) is 9.59 Å². The summed E-state index contributed by atoms with van der Waals surface area (Å²) in [7, 11) is 0. The molecular formula is C14H14Cl2O2. The second kappa shape index (κ2) is 4.67. The summed E-state index contributed by atoms with van der Waals surface area (Å²) < 4.78 is 0. The van der Waals surface area contributed by atoms with Gasteiger partial charge in [0.1, 0.15) is 17.5 Å². The topological polar surface area (TPSA) is 34.1 Å². The number of carbonyl (C=O) groups excluding carboxylic acids is 2. The molecule has 0 saturated heterocycles. The largest absolute Gasteiger partial charge is 0.299 e. The van der Waals surface area contributed by atoms with Gasteiger partial charge < -0.3 is 0 Å². The van der Waals surface area contributed by atoms with E-state index in [-0.39, 0.29) is 17.0 Å². The van der Waals surface area contributed by atoms with Crippen molar-refractivity contribution in [2.45, 2.75) is 32.6 Å². The van der Waals surface area contributed by atoms with E-state index in [2.05, 4.69) is 0 Å². The van der Waals surface area contributed by atoms with Crippen LogP contribution in [0.2, 0.25) is 10.0 Å². The Bertz CT molecular complexity index is 501. The van der Waals surface area contributed by atoms with E-state index >= 15 is 0 Å². The first-order valence-corrected chi connectivity index (χ1v) is 6.56. The van der Waals surface area contributed by atoms with Crippen LogP contribution in [0.1, 0.15) is 38.2 Å². The second-order valence-electron chi connectivity index (χ2n) is 5.55. The highest BCUT2D eigenvalue weighted by Crippen LogP contribution is 2.40. The monoisotopic (exact) mass is 284 g/mol. The van der Waals surface area contributed by atoms with Crippen molar-refractivity contribution in [1.82, 2.24) is 0 Å². The molecule has 0 N–H and O–H groups in total. The molecule has 0 spiro atoms. The van der Waals surface area contributed by atoms with Crippen molar-refractivity contribution < 1.29 is 9.59 Å². The van der Waals surface area contributed by atoms with Gasteiger partial charge in [-0.25, -0.2) is 0 Å². The third-order valence-corrected chi connectivity index (χ3v) is 3.79. The SMILES string of the molecule is CC1(C)CC(=O)C(c2ccc(Cl)cc2Cl)C(=O)C1. The van der Waals surface area contributed by atoms with Gasteiger partial charge in [-0.05, 0) is 23.1 Å². The number of carbonyl (C=O) groups is 2. The molecule has 0 unspecified atom stereocenters. The van der Waals surface area contributed by atoms with Gasteiger partial charge in [0.05, 0.1) is 0 Å². The van der Waals surface area contributed by atoms with Crippen LogP contribution >= 0.6 is 23.2 Å². The summed E-state index contributed by atoms with van der Waals surface area (Å²) in [6.07, 6.45) is 0.810. The Morgan fingerprint density at radius 3 is 2.17 bits per heavy atom. The molecule has 0 amide bonds. The van der Waals surface area contributed by atoms with Crippen LogP contribution in [0.5, 0.6) is 0 Å². The standard InChI is InChI=1S/C14H14Cl2O2/c1-14(2)6-11(17)13(12(18)7-14)9-4-3-8(15)5-10(9)16/h3-5,13H,6-7H2,1-2H3. The van der Waals surface area contributed by atoms with Crippen LogP contribution in [0.4, 0.5) is 0 Å². The van der Waals surface area contributed by atoms with Gasteiger partial charge in [-0.3, -0.25) is 9.59 Å². The van der Waals surface area contributed by atoms with E-state index in [0.29, 0.717) is 28.5 Å². The molecule has 1 aromatic carbocycles. The van der Waals surface area contributed by atoms with Crippen LogP contribution in [0.25, 0.3) is 0 Å². The summed E-state index contributed by atoms with van der Waals surface area (Å²) in [4.78, 5) is 24.3. The van der Waals surface area contributed by atoms with E-state index in [4.69, 9.17) is 23.2 Å². The minimum absolute atomic E-state index is 0.0551. The number of halogens is 2. The Labute approximate surface area is 116 Å². The summed E-state index contributed by atoms with van der Waals surface area (Å²) in [5.74, 6) is -0.830. The Morgan fingerprint density at radius 1 is 1.11 bits per heavy atom. The smallest absolute Gasteiger partial charge is 0.148 e. The molecular weight excluding hydrogens is 271 g/mol. The van der Waals surface area contributed by atoms with Crippen molar-refractivity contribution in [3.05, 3.63) is 33.8 Å². The molecule has 1 fully saturated rings. The first-order valence-electron chi connectivity index (χ1n) is 5.80. The lowest BCUT2D eigenvalue weighted by Gasteiger charge is -2.32. The molecule has 18 heavy (non-hydrogen) atoms. The van der Waals surface area contributed by atoms with Crippen molar-refractivity contribution in [2.24, 2.45) is 5.41 Å². The van der Waals surface area contributed by atoms with Gasteiger partial charge in [-0.1, -0.05) is 43.1 Å². The molecule has 0 radical (unpaired) electrons. The lowest BCUT2D eigenvalue weighted by atomic mass is 9.70. The Hall–Kier alpha value is -0.860. The van der Waals surface area contributed by atoms with Crippen molar-refractivity contribution in [1.29, 1.82) is 0 Å². The van der Waals surface area contributed by atoms with Crippen LogP contribution in [0.15, 0.2) is 18.2 Å². The number of ketones is 2. The first kappa shape index (κ1) is 13.6. The number of rotatable bonds is 1. The van der Waals surface area contributed by atoms with E-state index in [1.165, 1.54) is 0 Å². The maximum atomic E-state index is 12.1. The predicted molar refractivity (Wildman–Crippen MR) is 72.2 cm³/mol. The fourth-order valence-corrected chi connectivity index (χ4v) is 2.99. The number of benzene rings is 1. The van der Waals surface area contributed by atoms with Gasteiger partial charge in [-0.2, -0.15) is 0 Å². The summed E-state index contributed by atoms with van der Waals surface area (Å²) >= 11 is 11.9. The Morgan fingerprint density at radius 2 is 1.67 bits per heavy atom. The lowest BCUT2D eigenvalue weighted by Crippen LogP contribution is -2.36. The number of hydrogen-bond acceptors (Lipinski definition) is 2. The molecule has 2 rings (SSSR count). The molecule has 0 aromatic heterocycles. The average molecular weight is 285 g/mol. The molecule has 0 aliphatic heterocycles. The van der Waals surface area contributed by atoms with Crippen molar-refractivity contribution in [3.63, 3.8) is 0 Å². The van der Waals surface area contributed by atoms with Crippen molar-refractivity contribution in [3.8, 4) is 0 Å². The summed E-state index contributed by atoms with van der Waals surface area (Å²) in [5, 5.41) is 0.883. The Balaban J connectivity index is 2.39. The van der Waals surface area contributed by atoms with Gasteiger partial charge >= 0.3 is 0 Å². The van der Waals surface area contributed by atoms with Gasteiger partial charge in [0.2, 0.25) is 0 Å². The summed E-state index contributed by atoms with van der Waals surface area (Å²) in [6, 6.07) is 4.89. The van der Waals surface area contributed by atoms with E-state index in [1.54, 1.807) is 18.2 Å². The zero-order chi connectivity index (χ0) is 13.5. The van der Waals surface area contributed by atoms with E-state index < -0.39 is 5.92 Å². The highest BCUT2D eigenvalue weighted by molar-refractivity contribution is 6.35. The third-order valence-electron chi connectivity index (χ3n) is 3.22. The minimum Gasteiger partial charge on any atom is -0.299 e. The van der Waals surface area contributed by atoms with Gasteiger partial charge in [0.25, 0.3) is 0 Å². The van der Waals surface area contributed by atoms with Crippen molar-refractivity contribution >= 4 is 34.8 Å². The first-order chi connectivity index (χ1) is 8.30. The van der Waals surface area contributed by atoms with Gasteiger partial charge in [0, 0.05) is 22.9 Å². The molecule has 4 heteroatoms. The maximum absolute atomic E-state index is 12.1. The molecule has 96 valence electrons. The lowest BCUT2D eigenvalue weighted by molar-refractivity contribution is -0.135. The molecule has 1 saturated carbocycles. The second-order valence-corrected chi connectivity index (χ2v) is 6.39.